The summed E-state index contributed by atoms with van der Waals surface area (Å²) in [5.41, 5.74) is 1.15. The summed E-state index contributed by atoms with van der Waals surface area (Å²) >= 11 is 0.992. The second kappa shape index (κ2) is 8.13. The number of ether oxygens (including phenoxy) is 2. The zero-order valence-corrected chi connectivity index (χ0v) is 15.6. The van der Waals surface area contributed by atoms with Crippen molar-refractivity contribution >= 4 is 40.2 Å². The van der Waals surface area contributed by atoms with Crippen LogP contribution in [0.2, 0.25) is 0 Å². The number of thioether (sulfide) groups is 1. The van der Waals surface area contributed by atoms with E-state index in [1.54, 1.807) is 62.8 Å². The number of amides is 1. The quantitative estimate of drug-likeness (QED) is 0.782. The molecule has 2 aromatic carbocycles. The number of carbonyl (C=O) groups is 2. The maximum absolute atomic E-state index is 12.7. The Balaban J connectivity index is 1.99. The fraction of sp³-hybridized carbons (Fsp3) is 0.211. The number of carboxylic acids is 1. The Labute approximate surface area is 160 Å². The number of anilines is 1. The molecule has 0 N–H and O–H groups in total. The van der Waals surface area contributed by atoms with E-state index in [1.165, 1.54) is 4.90 Å². The fourth-order valence-electron chi connectivity index (χ4n) is 2.54. The summed E-state index contributed by atoms with van der Waals surface area (Å²) < 4.78 is 10.3. The van der Waals surface area contributed by atoms with Crippen molar-refractivity contribution in [2.24, 2.45) is 4.99 Å². The Kier molecular flexibility index (Phi) is 5.66. The molecule has 0 aromatic heterocycles. The molecule has 3 rings (SSSR count). The van der Waals surface area contributed by atoms with E-state index in [1.807, 2.05) is 0 Å². The number of carbonyl (C=O) groups excluding carboxylic acids is 2. The molecule has 0 saturated carbocycles. The van der Waals surface area contributed by atoms with E-state index < -0.39 is 11.2 Å². The van der Waals surface area contributed by atoms with E-state index >= 15 is 0 Å². The number of benzene rings is 2. The largest absolute Gasteiger partial charge is 0.549 e. The van der Waals surface area contributed by atoms with Crippen LogP contribution < -0.4 is 19.5 Å². The summed E-state index contributed by atoms with van der Waals surface area (Å²) in [6.45, 7) is 0. The zero-order valence-electron chi connectivity index (χ0n) is 14.7. The summed E-state index contributed by atoms with van der Waals surface area (Å²) in [5.74, 6) is -0.325. The van der Waals surface area contributed by atoms with Crippen molar-refractivity contribution in [3.63, 3.8) is 0 Å². The lowest BCUT2D eigenvalue weighted by Crippen LogP contribution is -2.47. The monoisotopic (exact) mass is 385 g/mol. The van der Waals surface area contributed by atoms with Gasteiger partial charge in [0.2, 0.25) is 5.91 Å². The highest BCUT2D eigenvalue weighted by atomic mass is 32.2. The van der Waals surface area contributed by atoms with Gasteiger partial charge in [0.1, 0.15) is 11.5 Å². The molecule has 1 saturated heterocycles. The van der Waals surface area contributed by atoms with Gasteiger partial charge in [-0.3, -0.25) is 9.69 Å². The average Bonchev–Trinajstić information content (AvgIpc) is 2.68. The van der Waals surface area contributed by atoms with Gasteiger partial charge in [-0.2, -0.15) is 0 Å². The first-order valence-corrected chi connectivity index (χ1v) is 8.97. The number of nitrogens with zero attached hydrogens (tertiary/aromatic N) is 2. The van der Waals surface area contributed by atoms with Crippen LogP contribution in [-0.2, 0) is 9.59 Å². The number of rotatable bonds is 5. The molecule has 8 heteroatoms. The smallest absolute Gasteiger partial charge is 0.234 e. The summed E-state index contributed by atoms with van der Waals surface area (Å²) in [7, 11) is 3.12. The van der Waals surface area contributed by atoms with Gasteiger partial charge in [0, 0.05) is 6.42 Å². The van der Waals surface area contributed by atoms with E-state index in [4.69, 9.17) is 9.47 Å². The number of methoxy groups -OCH3 is 2. The summed E-state index contributed by atoms with van der Waals surface area (Å²) in [5, 5.41) is 10.6. The third-order valence-electron chi connectivity index (χ3n) is 3.94. The highest BCUT2D eigenvalue weighted by molar-refractivity contribution is 8.15. The van der Waals surface area contributed by atoms with Gasteiger partial charge < -0.3 is 19.4 Å². The van der Waals surface area contributed by atoms with E-state index in [0.717, 1.165) is 11.8 Å². The number of amidine groups is 1. The fourth-order valence-corrected chi connectivity index (χ4v) is 3.59. The Bertz CT molecular complexity index is 865. The minimum Gasteiger partial charge on any atom is -0.549 e. The highest BCUT2D eigenvalue weighted by Crippen LogP contribution is 2.33. The summed E-state index contributed by atoms with van der Waals surface area (Å²) in [4.78, 5) is 29.9. The maximum Gasteiger partial charge on any atom is 0.234 e. The minimum absolute atomic E-state index is 0.166. The topological polar surface area (TPSA) is 91.3 Å². The lowest BCUT2D eigenvalue weighted by atomic mass is 10.2. The van der Waals surface area contributed by atoms with E-state index in [-0.39, 0.29) is 17.5 Å². The van der Waals surface area contributed by atoms with Crippen molar-refractivity contribution in [1.29, 1.82) is 0 Å². The lowest BCUT2D eigenvalue weighted by molar-refractivity contribution is -0.304. The molecular formula is C19H17N2O5S-. The second-order valence-corrected chi connectivity index (χ2v) is 6.82. The number of aliphatic carboxylic acids is 1. The Morgan fingerprint density at radius 2 is 1.63 bits per heavy atom. The van der Waals surface area contributed by atoms with Crippen LogP contribution >= 0.6 is 11.8 Å². The molecule has 1 heterocycles. The van der Waals surface area contributed by atoms with Gasteiger partial charge in [0.05, 0.1) is 36.8 Å². The molecule has 2 aromatic rings. The van der Waals surface area contributed by atoms with Crippen molar-refractivity contribution in [3.05, 3.63) is 48.5 Å². The zero-order chi connectivity index (χ0) is 19.4. The van der Waals surface area contributed by atoms with Crippen molar-refractivity contribution in [3.8, 4) is 11.5 Å². The van der Waals surface area contributed by atoms with Gasteiger partial charge in [0.25, 0.3) is 0 Å². The molecule has 140 valence electrons. The van der Waals surface area contributed by atoms with Gasteiger partial charge >= 0.3 is 0 Å². The maximum atomic E-state index is 12.7. The summed E-state index contributed by atoms with van der Waals surface area (Å²) in [6, 6.07) is 13.8. The third-order valence-corrected chi connectivity index (χ3v) is 5.07. The van der Waals surface area contributed by atoms with Crippen LogP contribution in [0.1, 0.15) is 6.42 Å². The van der Waals surface area contributed by atoms with E-state index in [9.17, 15) is 14.7 Å². The van der Waals surface area contributed by atoms with Crippen LogP contribution in [0, 0.1) is 0 Å². The minimum atomic E-state index is -1.29. The van der Waals surface area contributed by atoms with E-state index in [2.05, 4.69) is 4.99 Å². The SMILES string of the molecule is COc1ccc(N=C2S[C@H](C(=O)[O-])CC(=O)N2c2ccc(OC)cc2)cc1. The molecule has 7 nitrogen and oxygen atoms in total. The Hall–Kier alpha value is -3.00. The predicted octanol–water partition coefficient (Wildman–Crippen LogP) is 1.98. The molecule has 0 bridgehead atoms. The molecule has 0 unspecified atom stereocenters. The van der Waals surface area contributed by atoms with Gasteiger partial charge in [-0.05, 0) is 48.5 Å². The van der Waals surface area contributed by atoms with Crippen LogP contribution in [0.5, 0.6) is 11.5 Å². The third kappa shape index (κ3) is 4.22. The van der Waals surface area contributed by atoms with Crippen molar-refractivity contribution < 1.29 is 24.2 Å². The molecule has 27 heavy (non-hydrogen) atoms. The first kappa shape index (κ1) is 18.8. The van der Waals surface area contributed by atoms with Crippen LogP contribution in [-0.4, -0.2) is 36.5 Å². The van der Waals surface area contributed by atoms with Crippen LogP contribution in [0.15, 0.2) is 53.5 Å². The van der Waals surface area contributed by atoms with Crippen LogP contribution in [0.3, 0.4) is 0 Å². The number of carboxylic acid groups (broad SMARTS) is 1. The van der Waals surface area contributed by atoms with Crippen LogP contribution in [0.25, 0.3) is 0 Å². The van der Waals surface area contributed by atoms with Crippen molar-refractivity contribution in [2.45, 2.75) is 11.7 Å². The van der Waals surface area contributed by atoms with Gasteiger partial charge in [-0.1, -0.05) is 11.8 Å². The normalized spacial score (nSPS) is 18.4. The molecule has 1 atom stereocenters. The number of aliphatic imine (C=N–C) groups is 1. The molecule has 0 spiro atoms. The number of hydrogen-bond donors (Lipinski definition) is 0. The van der Waals surface area contributed by atoms with E-state index in [0.29, 0.717) is 22.9 Å². The van der Waals surface area contributed by atoms with Gasteiger partial charge in [-0.15, -0.1) is 0 Å². The first-order valence-electron chi connectivity index (χ1n) is 8.09. The molecular weight excluding hydrogens is 368 g/mol. The molecule has 1 aliphatic heterocycles. The second-order valence-electron chi connectivity index (χ2n) is 5.65. The predicted molar refractivity (Wildman–Crippen MR) is 102 cm³/mol. The molecule has 1 aliphatic rings. The summed E-state index contributed by atoms with van der Waals surface area (Å²) in [6.07, 6.45) is -0.166. The Morgan fingerprint density at radius 3 is 2.15 bits per heavy atom. The standard InChI is InChI=1S/C19H18N2O5S/c1-25-14-7-3-12(4-8-14)20-19-21(13-5-9-15(26-2)10-6-13)17(22)11-16(27-19)18(23)24/h3-10,16H,11H2,1-2H3,(H,23,24)/p-1/t16-/m0/s1. The van der Waals surface area contributed by atoms with Crippen molar-refractivity contribution in [2.75, 3.05) is 19.1 Å². The van der Waals surface area contributed by atoms with Gasteiger partial charge in [0.15, 0.2) is 5.17 Å². The number of hydrogen-bond acceptors (Lipinski definition) is 7. The molecule has 1 fully saturated rings. The molecule has 0 radical (unpaired) electrons. The Morgan fingerprint density at radius 1 is 1.07 bits per heavy atom. The molecule has 1 amide bonds. The lowest BCUT2D eigenvalue weighted by Gasteiger charge is -2.32. The van der Waals surface area contributed by atoms with Crippen LogP contribution in [0.4, 0.5) is 11.4 Å². The van der Waals surface area contributed by atoms with Crippen molar-refractivity contribution in [1.82, 2.24) is 0 Å². The molecule has 0 aliphatic carbocycles. The highest BCUT2D eigenvalue weighted by Gasteiger charge is 2.33. The first-order chi connectivity index (χ1) is 13.0. The average molecular weight is 385 g/mol. The van der Waals surface area contributed by atoms with Gasteiger partial charge in [-0.25, -0.2) is 4.99 Å².